The van der Waals surface area contributed by atoms with Crippen LogP contribution in [-0.2, 0) is 17.9 Å². The molecule has 2 saturated heterocycles. The molecule has 0 bridgehead atoms. The first-order chi connectivity index (χ1) is 14.3. The molecule has 0 spiro atoms. The number of nitrogens with zero attached hydrogens (tertiary/aromatic N) is 3. The number of aliphatic imine (C=N–C) groups is 1. The molecule has 2 aliphatic rings. The molecule has 1 atom stereocenters. The summed E-state index contributed by atoms with van der Waals surface area (Å²) in [6.45, 7) is 4.48. The number of nitrogens with one attached hydrogen (secondary N) is 2. The van der Waals surface area contributed by atoms with Crippen LogP contribution in [0.4, 0.5) is 13.2 Å². The lowest BCUT2D eigenvalue weighted by Crippen LogP contribution is -2.45. The second-order valence-electron chi connectivity index (χ2n) is 7.91. The van der Waals surface area contributed by atoms with E-state index >= 15 is 0 Å². The summed E-state index contributed by atoms with van der Waals surface area (Å²) in [6, 6.07) is 7.99. The minimum absolute atomic E-state index is 0.0504. The number of hydrogen-bond donors (Lipinski definition) is 2. The zero-order chi connectivity index (χ0) is 21.6. The van der Waals surface area contributed by atoms with Gasteiger partial charge >= 0.3 is 6.18 Å². The van der Waals surface area contributed by atoms with Gasteiger partial charge in [-0.2, -0.15) is 13.2 Å². The molecule has 30 heavy (non-hydrogen) atoms. The van der Waals surface area contributed by atoms with E-state index in [1.165, 1.54) is 4.90 Å². The molecule has 2 aliphatic heterocycles. The van der Waals surface area contributed by atoms with Gasteiger partial charge in [0.05, 0.1) is 13.1 Å². The van der Waals surface area contributed by atoms with Crippen LogP contribution in [0.3, 0.4) is 0 Å². The monoisotopic (exact) mass is 425 g/mol. The van der Waals surface area contributed by atoms with Gasteiger partial charge in [-0.25, -0.2) is 4.99 Å². The highest BCUT2D eigenvalue weighted by molar-refractivity contribution is 5.80. The highest BCUT2D eigenvalue weighted by Gasteiger charge is 2.34. The maximum atomic E-state index is 12.6. The molecule has 2 fully saturated rings. The van der Waals surface area contributed by atoms with Gasteiger partial charge in [0.15, 0.2) is 5.96 Å². The number of rotatable bonds is 7. The van der Waals surface area contributed by atoms with Crippen LogP contribution in [0.2, 0.25) is 0 Å². The number of carbonyl (C=O) groups is 1. The van der Waals surface area contributed by atoms with E-state index in [1.807, 2.05) is 36.1 Å². The minimum Gasteiger partial charge on any atom is -0.357 e. The molecule has 2 N–H and O–H groups in total. The molecule has 1 amide bonds. The molecule has 0 radical (unpaired) electrons. The van der Waals surface area contributed by atoms with Gasteiger partial charge in [0, 0.05) is 45.2 Å². The van der Waals surface area contributed by atoms with Crippen LogP contribution in [-0.4, -0.2) is 66.6 Å². The summed E-state index contributed by atoms with van der Waals surface area (Å²) in [7, 11) is 0. The summed E-state index contributed by atoms with van der Waals surface area (Å²) in [5.41, 5.74) is 2.13. The molecule has 0 aliphatic carbocycles. The van der Waals surface area contributed by atoms with E-state index in [1.54, 1.807) is 0 Å². The first-order valence-corrected chi connectivity index (χ1v) is 10.5. The van der Waals surface area contributed by atoms with Gasteiger partial charge < -0.3 is 15.5 Å². The van der Waals surface area contributed by atoms with Crippen molar-refractivity contribution in [3.05, 3.63) is 35.4 Å². The summed E-state index contributed by atoms with van der Waals surface area (Å²) in [5, 5.41) is 6.41. The van der Waals surface area contributed by atoms with Crippen molar-refractivity contribution in [2.45, 2.75) is 51.5 Å². The van der Waals surface area contributed by atoms with Crippen LogP contribution < -0.4 is 10.6 Å². The summed E-state index contributed by atoms with van der Waals surface area (Å²) in [4.78, 5) is 19.6. The number of guanidine groups is 1. The second-order valence-corrected chi connectivity index (χ2v) is 7.91. The summed E-state index contributed by atoms with van der Waals surface area (Å²) in [5.74, 6) is 0.828. The smallest absolute Gasteiger partial charge is 0.357 e. The van der Waals surface area contributed by atoms with E-state index in [4.69, 9.17) is 0 Å². The van der Waals surface area contributed by atoms with Gasteiger partial charge in [-0.3, -0.25) is 9.69 Å². The number of hydrogen-bond acceptors (Lipinski definition) is 3. The molecule has 1 aromatic rings. The van der Waals surface area contributed by atoms with Crippen LogP contribution in [0, 0.1) is 0 Å². The van der Waals surface area contributed by atoms with Crippen LogP contribution in [0.5, 0.6) is 0 Å². The number of benzene rings is 1. The van der Waals surface area contributed by atoms with Gasteiger partial charge in [0.2, 0.25) is 5.91 Å². The average molecular weight is 425 g/mol. The topological polar surface area (TPSA) is 60.0 Å². The van der Waals surface area contributed by atoms with Gasteiger partial charge in [0.25, 0.3) is 0 Å². The Labute approximate surface area is 175 Å². The average Bonchev–Trinajstić information content (AvgIpc) is 3.28. The number of halogens is 3. The molecule has 1 aromatic carbocycles. The predicted molar refractivity (Wildman–Crippen MR) is 110 cm³/mol. The van der Waals surface area contributed by atoms with Crippen molar-refractivity contribution >= 4 is 11.9 Å². The van der Waals surface area contributed by atoms with Crippen molar-refractivity contribution in [2.75, 3.05) is 32.7 Å². The van der Waals surface area contributed by atoms with Gasteiger partial charge in [0.1, 0.15) is 0 Å². The number of likely N-dealkylation sites (tertiary alicyclic amines) is 2. The number of carbonyl (C=O) groups excluding carboxylic acids is 1. The Morgan fingerprint density at radius 2 is 1.93 bits per heavy atom. The lowest BCUT2D eigenvalue weighted by molar-refractivity contribution is -0.143. The Morgan fingerprint density at radius 3 is 2.57 bits per heavy atom. The molecule has 6 nitrogen and oxygen atoms in total. The largest absolute Gasteiger partial charge is 0.401 e. The van der Waals surface area contributed by atoms with E-state index in [2.05, 4.69) is 15.6 Å². The lowest BCUT2D eigenvalue weighted by atomic mass is 10.1. The van der Waals surface area contributed by atoms with Crippen molar-refractivity contribution in [1.29, 1.82) is 0 Å². The van der Waals surface area contributed by atoms with Gasteiger partial charge in [-0.05, 0) is 30.9 Å². The highest BCUT2D eigenvalue weighted by Crippen LogP contribution is 2.20. The standard InChI is InChI=1S/C21H30F3N5O/c1-2-25-20(27-18-9-11-28(14-18)15-21(22,23)24)26-12-16-5-7-17(8-6-16)13-29-10-3-4-19(29)30/h5-8,18H,2-4,9-15H2,1H3,(H2,25,26,27). The zero-order valence-electron chi connectivity index (χ0n) is 17.3. The molecule has 3 rings (SSSR count). The van der Waals surface area contributed by atoms with Crippen molar-refractivity contribution in [1.82, 2.24) is 20.4 Å². The third-order valence-corrected chi connectivity index (χ3v) is 5.35. The summed E-state index contributed by atoms with van der Waals surface area (Å²) < 4.78 is 37.7. The Kier molecular flexibility index (Phi) is 7.58. The Balaban J connectivity index is 1.51. The third kappa shape index (κ3) is 6.90. The first kappa shape index (κ1) is 22.4. The summed E-state index contributed by atoms with van der Waals surface area (Å²) >= 11 is 0. The van der Waals surface area contributed by atoms with Crippen LogP contribution in [0.15, 0.2) is 29.3 Å². The lowest BCUT2D eigenvalue weighted by Gasteiger charge is -2.19. The van der Waals surface area contributed by atoms with E-state index in [0.29, 0.717) is 51.5 Å². The van der Waals surface area contributed by atoms with E-state index in [0.717, 1.165) is 24.1 Å². The fourth-order valence-electron chi connectivity index (χ4n) is 3.87. The SMILES string of the molecule is CCNC(=NCc1ccc(CN2CCCC2=O)cc1)NC1CCN(CC(F)(F)F)C1. The van der Waals surface area contributed by atoms with E-state index in [-0.39, 0.29) is 11.9 Å². The normalized spacial score (nSPS) is 20.8. The summed E-state index contributed by atoms with van der Waals surface area (Å²) in [6.07, 6.45) is -1.94. The van der Waals surface area contributed by atoms with Gasteiger partial charge in [-0.1, -0.05) is 24.3 Å². The van der Waals surface area contributed by atoms with E-state index in [9.17, 15) is 18.0 Å². The molecular formula is C21H30F3N5O. The van der Waals surface area contributed by atoms with Crippen molar-refractivity contribution in [2.24, 2.45) is 4.99 Å². The molecule has 1 unspecified atom stereocenters. The Hall–Kier alpha value is -2.29. The quantitative estimate of drug-likeness (QED) is 0.521. The molecular weight excluding hydrogens is 395 g/mol. The van der Waals surface area contributed by atoms with Crippen molar-refractivity contribution < 1.29 is 18.0 Å². The third-order valence-electron chi connectivity index (χ3n) is 5.35. The minimum atomic E-state index is -4.16. The first-order valence-electron chi connectivity index (χ1n) is 10.5. The van der Waals surface area contributed by atoms with Gasteiger partial charge in [-0.15, -0.1) is 0 Å². The van der Waals surface area contributed by atoms with Crippen LogP contribution >= 0.6 is 0 Å². The zero-order valence-corrected chi connectivity index (χ0v) is 17.3. The maximum Gasteiger partial charge on any atom is 0.401 e. The van der Waals surface area contributed by atoms with Crippen molar-refractivity contribution in [3.63, 3.8) is 0 Å². The van der Waals surface area contributed by atoms with Crippen LogP contribution in [0.1, 0.15) is 37.3 Å². The molecule has 9 heteroatoms. The molecule has 2 heterocycles. The number of amides is 1. The molecule has 166 valence electrons. The molecule has 0 aromatic heterocycles. The number of alkyl halides is 3. The van der Waals surface area contributed by atoms with Crippen LogP contribution in [0.25, 0.3) is 0 Å². The predicted octanol–water partition coefficient (Wildman–Crippen LogP) is 2.50. The van der Waals surface area contributed by atoms with Crippen molar-refractivity contribution in [3.8, 4) is 0 Å². The second kappa shape index (κ2) is 10.1. The fraction of sp³-hybridized carbons (Fsp3) is 0.619. The maximum absolute atomic E-state index is 12.6. The fourth-order valence-corrected chi connectivity index (χ4v) is 3.87. The highest BCUT2D eigenvalue weighted by atomic mass is 19.4. The molecule has 0 saturated carbocycles. The Bertz CT molecular complexity index is 735. The van der Waals surface area contributed by atoms with E-state index < -0.39 is 12.7 Å². The Morgan fingerprint density at radius 1 is 1.20 bits per heavy atom.